The zero-order valence-electron chi connectivity index (χ0n) is 18.1. The second-order valence-electron chi connectivity index (χ2n) is 8.54. The number of hydrogen-bond donors (Lipinski definition) is 3. The van der Waals surface area contributed by atoms with Crippen molar-refractivity contribution in [2.45, 2.75) is 48.5 Å². The minimum absolute atomic E-state index is 0.0678. The van der Waals surface area contributed by atoms with E-state index in [1.54, 1.807) is 30.6 Å². The van der Waals surface area contributed by atoms with Crippen LogP contribution < -0.4 is 5.32 Å². The largest absolute Gasteiger partial charge is 0.393 e. The van der Waals surface area contributed by atoms with E-state index in [9.17, 15) is 13.5 Å². The fourth-order valence-electron chi connectivity index (χ4n) is 4.46. The van der Waals surface area contributed by atoms with Crippen molar-refractivity contribution in [3.63, 3.8) is 0 Å². The molecule has 1 aliphatic rings. The smallest absolute Gasteiger partial charge is 0.223 e. The van der Waals surface area contributed by atoms with Crippen LogP contribution >= 0.6 is 0 Å². The van der Waals surface area contributed by atoms with Gasteiger partial charge in [-0.3, -0.25) is 0 Å². The maximum absolute atomic E-state index is 13.4. The van der Waals surface area contributed by atoms with Gasteiger partial charge in [0.2, 0.25) is 5.95 Å². The van der Waals surface area contributed by atoms with Crippen LogP contribution in [0.5, 0.6) is 0 Å². The number of aliphatic hydroxyl groups excluding tert-OH is 1. The van der Waals surface area contributed by atoms with Crippen molar-refractivity contribution in [3.8, 4) is 11.3 Å². The predicted molar refractivity (Wildman–Crippen MR) is 129 cm³/mol. The predicted octanol–water partition coefficient (Wildman–Crippen LogP) is 4.31. The van der Waals surface area contributed by atoms with Gasteiger partial charge in [-0.15, -0.1) is 0 Å². The van der Waals surface area contributed by atoms with Crippen molar-refractivity contribution in [1.82, 2.24) is 15.0 Å². The monoisotopic (exact) mass is 462 g/mol. The van der Waals surface area contributed by atoms with Crippen LogP contribution in [-0.2, 0) is 15.6 Å². The summed E-state index contributed by atoms with van der Waals surface area (Å²) in [6, 6.07) is 16.5. The summed E-state index contributed by atoms with van der Waals surface area (Å²) in [5, 5.41) is 13.7. The van der Waals surface area contributed by atoms with Crippen LogP contribution in [0.1, 0.15) is 31.2 Å². The topological polar surface area (TPSA) is 108 Å². The average Bonchev–Trinajstić information content (AvgIpc) is 3.25. The Kier molecular flexibility index (Phi) is 5.86. The number of anilines is 1. The molecule has 0 amide bonds. The van der Waals surface area contributed by atoms with Gasteiger partial charge in [-0.05, 0) is 49.4 Å². The molecule has 2 aromatic heterocycles. The van der Waals surface area contributed by atoms with Gasteiger partial charge in [-0.1, -0.05) is 36.4 Å². The van der Waals surface area contributed by atoms with Crippen LogP contribution in [-0.4, -0.2) is 40.6 Å². The number of aromatic amines is 1. The van der Waals surface area contributed by atoms with E-state index >= 15 is 0 Å². The number of nitrogens with zero attached hydrogens (tertiary/aromatic N) is 2. The normalized spacial score (nSPS) is 18.9. The van der Waals surface area contributed by atoms with E-state index in [0.29, 0.717) is 17.0 Å². The van der Waals surface area contributed by atoms with Gasteiger partial charge in [0.25, 0.3) is 0 Å². The highest BCUT2D eigenvalue weighted by molar-refractivity contribution is 7.90. The fraction of sp³-hybridized carbons (Fsp3) is 0.280. The van der Waals surface area contributed by atoms with Gasteiger partial charge in [0.1, 0.15) is 0 Å². The zero-order valence-corrected chi connectivity index (χ0v) is 18.9. The number of fused-ring (bicyclic) bond motifs is 1. The van der Waals surface area contributed by atoms with Gasteiger partial charge < -0.3 is 15.4 Å². The Hall–Kier alpha value is -3.23. The number of H-pyrrole nitrogens is 1. The lowest BCUT2D eigenvalue weighted by atomic mass is 9.93. The van der Waals surface area contributed by atoms with E-state index < -0.39 is 9.84 Å². The summed E-state index contributed by atoms with van der Waals surface area (Å²) < 4.78 is 26.7. The number of benzene rings is 2. The highest BCUT2D eigenvalue weighted by Gasteiger charge is 2.23. The molecule has 0 saturated heterocycles. The van der Waals surface area contributed by atoms with E-state index in [2.05, 4.69) is 20.3 Å². The van der Waals surface area contributed by atoms with Gasteiger partial charge >= 0.3 is 0 Å². The van der Waals surface area contributed by atoms with Gasteiger partial charge in [0.05, 0.1) is 22.4 Å². The number of rotatable bonds is 6. The Morgan fingerprint density at radius 1 is 1.00 bits per heavy atom. The highest BCUT2D eigenvalue weighted by Crippen LogP contribution is 2.34. The lowest BCUT2D eigenvalue weighted by molar-refractivity contribution is 0.126. The summed E-state index contributed by atoms with van der Waals surface area (Å²) in [7, 11) is -3.58. The molecule has 1 aliphatic carbocycles. The second kappa shape index (κ2) is 8.96. The number of aliphatic hydroxyl groups is 1. The van der Waals surface area contributed by atoms with E-state index in [1.165, 1.54) is 0 Å². The van der Waals surface area contributed by atoms with Crippen molar-refractivity contribution in [2.75, 3.05) is 5.32 Å². The molecule has 0 unspecified atom stereocenters. The summed E-state index contributed by atoms with van der Waals surface area (Å²) in [5.41, 5.74) is 2.87. The summed E-state index contributed by atoms with van der Waals surface area (Å²) in [5.74, 6) is 0.440. The molecule has 8 heteroatoms. The second-order valence-corrected chi connectivity index (χ2v) is 10.5. The number of sulfone groups is 1. The van der Waals surface area contributed by atoms with E-state index in [4.69, 9.17) is 0 Å². The molecule has 0 atom stereocenters. The molecule has 3 N–H and O–H groups in total. The van der Waals surface area contributed by atoms with Crippen LogP contribution in [0, 0.1) is 0 Å². The maximum Gasteiger partial charge on any atom is 0.223 e. The number of hydrogen-bond acceptors (Lipinski definition) is 6. The van der Waals surface area contributed by atoms with E-state index in [1.807, 2.05) is 36.4 Å². The molecular weight excluding hydrogens is 436 g/mol. The molecule has 5 rings (SSSR count). The number of nitrogens with one attached hydrogen (secondary N) is 2. The van der Waals surface area contributed by atoms with Crippen LogP contribution in [0.3, 0.4) is 0 Å². The lowest BCUT2D eigenvalue weighted by Gasteiger charge is -2.26. The first-order valence-corrected chi connectivity index (χ1v) is 12.8. The lowest BCUT2D eigenvalue weighted by Crippen LogP contribution is -2.28. The van der Waals surface area contributed by atoms with Crippen molar-refractivity contribution in [1.29, 1.82) is 0 Å². The van der Waals surface area contributed by atoms with E-state index in [-0.39, 0.29) is 22.8 Å². The maximum atomic E-state index is 13.4. The van der Waals surface area contributed by atoms with Crippen molar-refractivity contribution in [2.24, 2.45) is 0 Å². The summed E-state index contributed by atoms with van der Waals surface area (Å²) in [6.45, 7) is 0. The summed E-state index contributed by atoms with van der Waals surface area (Å²) in [6.07, 6.45) is 6.52. The highest BCUT2D eigenvalue weighted by atomic mass is 32.2. The first-order chi connectivity index (χ1) is 16.0. The average molecular weight is 463 g/mol. The third kappa shape index (κ3) is 4.62. The molecule has 0 bridgehead atoms. The Bertz CT molecular complexity index is 1360. The molecule has 0 spiro atoms. The molecule has 1 fully saturated rings. The van der Waals surface area contributed by atoms with Crippen LogP contribution in [0.2, 0.25) is 0 Å². The molecule has 170 valence electrons. The SMILES string of the molecule is O=S(=O)(Cc1ccccc1)c1cccc2[nH]cc(-c3ccnc(NC4CCC(O)CC4)n3)c12. The first kappa shape index (κ1) is 21.6. The Morgan fingerprint density at radius 3 is 2.58 bits per heavy atom. The third-order valence-corrected chi connectivity index (χ3v) is 7.89. The standard InChI is InChI=1S/C25H26N4O3S/c30-19-11-9-18(10-12-19)28-25-26-14-13-21(29-25)20-15-27-22-7-4-8-23(24(20)22)33(31,32)16-17-5-2-1-3-6-17/h1-8,13-15,18-19,27,30H,9-12,16H2,(H,26,28,29). The quantitative estimate of drug-likeness (QED) is 0.394. The molecule has 0 radical (unpaired) electrons. The van der Waals surface area contributed by atoms with Crippen LogP contribution in [0.15, 0.2) is 71.9 Å². The van der Waals surface area contributed by atoms with Gasteiger partial charge in [-0.2, -0.15) is 0 Å². The van der Waals surface area contributed by atoms with Crippen molar-refractivity contribution < 1.29 is 13.5 Å². The van der Waals surface area contributed by atoms with Crippen molar-refractivity contribution >= 4 is 26.7 Å². The molecule has 2 aromatic carbocycles. The Balaban J connectivity index is 1.50. The summed E-state index contributed by atoms with van der Waals surface area (Å²) >= 11 is 0. The minimum Gasteiger partial charge on any atom is -0.393 e. The molecule has 4 aromatic rings. The van der Waals surface area contributed by atoms with E-state index in [0.717, 1.165) is 42.3 Å². The van der Waals surface area contributed by atoms with Gasteiger partial charge in [0.15, 0.2) is 9.84 Å². The summed E-state index contributed by atoms with van der Waals surface area (Å²) in [4.78, 5) is 12.5. The van der Waals surface area contributed by atoms with Crippen LogP contribution in [0.25, 0.3) is 22.2 Å². The molecule has 7 nitrogen and oxygen atoms in total. The molecule has 33 heavy (non-hydrogen) atoms. The van der Waals surface area contributed by atoms with Crippen LogP contribution in [0.4, 0.5) is 5.95 Å². The minimum atomic E-state index is -3.58. The number of aromatic nitrogens is 3. The Labute approximate surface area is 192 Å². The van der Waals surface area contributed by atoms with Gasteiger partial charge in [0, 0.05) is 34.9 Å². The molecule has 2 heterocycles. The molecule has 0 aliphatic heterocycles. The van der Waals surface area contributed by atoms with Crippen molar-refractivity contribution in [3.05, 3.63) is 72.6 Å². The first-order valence-electron chi connectivity index (χ1n) is 11.1. The zero-order chi connectivity index (χ0) is 22.8. The Morgan fingerprint density at radius 2 is 1.79 bits per heavy atom. The van der Waals surface area contributed by atoms with Gasteiger partial charge in [-0.25, -0.2) is 18.4 Å². The third-order valence-electron chi connectivity index (χ3n) is 6.16. The molecule has 1 saturated carbocycles. The molecular formula is C25H26N4O3S. The fourth-order valence-corrected chi connectivity index (χ4v) is 6.07.